The molecule has 0 saturated carbocycles. The van der Waals surface area contributed by atoms with Gasteiger partial charge in [0.25, 0.3) is 0 Å². The van der Waals surface area contributed by atoms with Crippen molar-refractivity contribution in [3.8, 4) is 0 Å². The summed E-state index contributed by atoms with van der Waals surface area (Å²) >= 11 is 0. The molecule has 1 rings (SSSR count). The lowest BCUT2D eigenvalue weighted by Gasteiger charge is -2.17. The van der Waals surface area contributed by atoms with Gasteiger partial charge in [-0.25, -0.2) is 10.8 Å². The fourth-order valence-electron chi connectivity index (χ4n) is 1.10. The zero-order valence-electron chi connectivity index (χ0n) is 8.67. The third-order valence-corrected chi connectivity index (χ3v) is 1.81. The molecule has 0 spiro atoms. The number of aliphatic imine (C=N–C) groups is 2. The first kappa shape index (κ1) is 11.1. The highest BCUT2D eigenvalue weighted by atomic mass is 15.4. The second kappa shape index (κ2) is 5.72. The van der Waals surface area contributed by atoms with Gasteiger partial charge in [0, 0.05) is 0 Å². The summed E-state index contributed by atoms with van der Waals surface area (Å²) in [5.74, 6) is 6.50. The van der Waals surface area contributed by atoms with Gasteiger partial charge in [-0.3, -0.25) is 10.0 Å². The fraction of sp³-hybridized carbons (Fsp3) is 0.0909. The topological polar surface area (TPSA) is 54.0 Å². The summed E-state index contributed by atoms with van der Waals surface area (Å²) in [4.78, 5) is 7.58. The molecule has 4 nitrogen and oxygen atoms in total. The van der Waals surface area contributed by atoms with Gasteiger partial charge in [0.05, 0.1) is 5.69 Å². The minimum Gasteiger partial charge on any atom is -0.263 e. The quantitative estimate of drug-likeness (QED) is 0.351. The Morgan fingerprint density at radius 2 is 2.07 bits per heavy atom. The maximum atomic E-state index is 5.88. The molecule has 0 radical (unpaired) electrons. The van der Waals surface area contributed by atoms with E-state index in [4.69, 9.17) is 5.84 Å². The number of hydrogen-bond acceptors (Lipinski definition) is 3. The number of nitrogens with two attached hydrogens (primary N) is 1. The van der Waals surface area contributed by atoms with E-state index in [1.165, 1.54) is 11.3 Å². The van der Waals surface area contributed by atoms with Crippen LogP contribution in [0.15, 0.2) is 52.2 Å². The third kappa shape index (κ3) is 3.03. The Balaban J connectivity index is 2.88. The minimum atomic E-state index is 0.619. The van der Waals surface area contributed by atoms with E-state index in [9.17, 15) is 0 Å². The fourth-order valence-corrected chi connectivity index (χ4v) is 1.10. The lowest BCUT2D eigenvalue weighted by molar-refractivity contribution is 0.972. The Kier molecular flexibility index (Phi) is 4.25. The van der Waals surface area contributed by atoms with Crippen LogP contribution in [0.25, 0.3) is 0 Å². The van der Waals surface area contributed by atoms with Crippen molar-refractivity contribution >= 4 is 18.7 Å². The van der Waals surface area contributed by atoms with E-state index in [-0.39, 0.29) is 0 Å². The zero-order chi connectivity index (χ0) is 11.1. The van der Waals surface area contributed by atoms with E-state index in [0.29, 0.717) is 5.82 Å². The van der Waals surface area contributed by atoms with Crippen LogP contribution in [0.1, 0.15) is 6.92 Å². The van der Waals surface area contributed by atoms with Gasteiger partial charge in [0.2, 0.25) is 0 Å². The van der Waals surface area contributed by atoms with Gasteiger partial charge in [-0.2, -0.15) is 0 Å². The molecular weight excluding hydrogens is 188 g/mol. The Labute approximate surface area is 89.4 Å². The Morgan fingerprint density at radius 1 is 1.40 bits per heavy atom. The highest BCUT2D eigenvalue weighted by Gasteiger charge is 2.03. The molecule has 0 saturated heterocycles. The van der Waals surface area contributed by atoms with Crippen molar-refractivity contribution in [1.29, 1.82) is 0 Å². The molecule has 0 amide bonds. The smallest absolute Gasteiger partial charge is 0.144 e. The number of allylic oxidation sites excluding steroid dienone is 1. The van der Waals surface area contributed by atoms with E-state index >= 15 is 0 Å². The monoisotopic (exact) mass is 202 g/mol. The number of para-hydroxylation sites is 1. The molecule has 4 heteroatoms. The van der Waals surface area contributed by atoms with Crippen LogP contribution in [0.5, 0.6) is 0 Å². The van der Waals surface area contributed by atoms with Crippen LogP contribution in [0.2, 0.25) is 0 Å². The Bertz CT molecular complexity index is 367. The highest BCUT2D eigenvalue weighted by Crippen LogP contribution is 2.14. The molecule has 0 aliphatic heterocycles. The third-order valence-electron chi connectivity index (χ3n) is 1.81. The molecule has 0 fully saturated rings. The van der Waals surface area contributed by atoms with Crippen molar-refractivity contribution in [3.63, 3.8) is 0 Å². The van der Waals surface area contributed by atoms with Crippen molar-refractivity contribution in [1.82, 2.24) is 0 Å². The molecule has 0 heterocycles. The molecule has 0 aliphatic rings. The molecule has 0 aromatic heterocycles. The van der Waals surface area contributed by atoms with Gasteiger partial charge in [0.15, 0.2) is 0 Å². The number of nitrogens with zero attached hydrogens (tertiary/aromatic N) is 3. The predicted molar refractivity (Wildman–Crippen MR) is 64.9 cm³/mol. The molecule has 0 atom stereocenters. The van der Waals surface area contributed by atoms with Crippen LogP contribution in [-0.4, -0.2) is 13.1 Å². The van der Waals surface area contributed by atoms with Crippen molar-refractivity contribution in [2.24, 2.45) is 15.8 Å². The SMILES string of the molecule is C=N/C=N\C(=C/C)N(N)c1ccccc1. The Morgan fingerprint density at radius 3 is 2.60 bits per heavy atom. The molecule has 1 aromatic carbocycles. The van der Waals surface area contributed by atoms with Gasteiger partial charge < -0.3 is 0 Å². The maximum absolute atomic E-state index is 5.88. The normalized spacial score (nSPS) is 11.7. The average Bonchev–Trinajstić information content (AvgIpc) is 2.31. The van der Waals surface area contributed by atoms with Crippen LogP contribution in [0.3, 0.4) is 0 Å². The number of hydrogen-bond donors (Lipinski definition) is 1. The zero-order valence-corrected chi connectivity index (χ0v) is 8.67. The molecule has 78 valence electrons. The standard InChI is InChI=1S/C11H14N4/c1-3-11(14-9-13-2)15(12)10-7-5-4-6-8-10/h3-9H,2,12H2,1H3/b11-3+,14-9-. The van der Waals surface area contributed by atoms with Crippen molar-refractivity contribution in [2.75, 3.05) is 5.01 Å². The maximum Gasteiger partial charge on any atom is 0.144 e. The number of rotatable bonds is 4. The second-order valence-corrected chi connectivity index (χ2v) is 2.78. The van der Waals surface area contributed by atoms with Gasteiger partial charge in [-0.15, -0.1) is 0 Å². The molecule has 2 N–H and O–H groups in total. The first-order chi connectivity index (χ1) is 7.29. The number of hydrazine groups is 1. The summed E-state index contributed by atoms with van der Waals surface area (Å²) in [6, 6.07) is 9.57. The average molecular weight is 202 g/mol. The molecule has 0 bridgehead atoms. The Hall–Kier alpha value is -1.94. The summed E-state index contributed by atoms with van der Waals surface area (Å²) in [5.41, 5.74) is 0.867. The van der Waals surface area contributed by atoms with Gasteiger partial charge in [0.1, 0.15) is 12.2 Å². The van der Waals surface area contributed by atoms with Crippen LogP contribution >= 0.6 is 0 Å². The lowest BCUT2D eigenvalue weighted by Crippen LogP contribution is -2.29. The first-order valence-corrected chi connectivity index (χ1v) is 4.54. The van der Waals surface area contributed by atoms with E-state index in [1.54, 1.807) is 6.08 Å². The van der Waals surface area contributed by atoms with E-state index < -0.39 is 0 Å². The van der Waals surface area contributed by atoms with Crippen molar-refractivity contribution in [3.05, 3.63) is 42.2 Å². The van der Waals surface area contributed by atoms with Crippen LogP contribution in [0.4, 0.5) is 5.69 Å². The summed E-state index contributed by atoms with van der Waals surface area (Å²) in [6.45, 7) is 5.17. The summed E-state index contributed by atoms with van der Waals surface area (Å²) < 4.78 is 0. The van der Waals surface area contributed by atoms with Crippen LogP contribution in [-0.2, 0) is 0 Å². The second-order valence-electron chi connectivity index (χ2n) is 2.78. The number of benzene rings is 1. The largest absolute Gasteiger partial charge is 0.263 e. The minimum absolute atomic E-state index is 0.619. The van der Waals surface area contributed by atoms with E-state index in [1.807, 2.05) is 37.3 Å². The van der Waals surface area contributed by atoms with Crippen molar-refractivity contribution in [2.45, 2.75) is 6.92 Å². The number of anilines is 1. The van der Waals surface area contributed by atoms with Crippen LogP contribution < -0.4 is 10.9 Å². The van der Waals surface area contributed by atoms with Gasteiger partial charge >= 0.3 is 0 Å². The van der Waals surface area contributed by atoms with Crippen LogP contribution in [0, 0.1) is 0 Å². The van der Waals surface area contributed by atoms with Gasteiger partial charge in [-0.1, -0.05) is 18.2 Å². The van der Waals surface area contributed by atoms with E-state index in [2.05, 4.69) is 16.7 Å². The summed E-state index contributed by atoms with van der Waals surface area (Å²) in [5, 5.41) is 1.49. The molecular formula is C11H14N4. The summed E-state index contributed by atoms with van der Waals surface area (Å²) in [6.07, 6.45) is 3.16. The van der Waals surface area contributed by atoms with Crippen molar-refractivity contribution < 1.29 is 0 Å². The highest BCUT2D eigenvalue weighted by molar-refractivity contribution is 5.64. The first-order valence-electron chi connectivity index (χ1n) is 4.54. The molecule has 0 aliphatic carbocycles. The predicted octanol–water partition coefficient (Wildman–Crippen LogP) is 1.96. The molecule has 15 heavy (non-hydrogen) atoms. The molecule has 1 aromatic rings. The lowest BCUT2D eigenvalue weighted by atomic mass is 10.3. The summed E-state index contributed by atoms with van der Waals surface area (Å²) in [7, 11) is 0. The van der Waals surface area contributed by atoms with E-state index in [0.717, 1.165) is 5.69 Å². The van der Waals surface area contributed by atoms with Gasteiger partial charge in [-0.05, 0) is 31.9 Å². The molecule has 0 unspecified atom stereocenters.